The summed E-state index contributed by atoms with van der Waals surface area (Å²) in [6, 6.07) is 0. The molecule has 108 valence electrons. The van der Waals surface area contributed by atoms with Gasteiger partial charge < -0.3 is 15.4 Å². The molecule has 3 aliphatic rings. The number of carbonyl (C=O) groups is 1. The number of fused-ring (bicyclic) bond motifs is 2. The molecule has 2 N–H and O–H groups in total. The lowest BCUT2D eigenvalue weighted by atomic mass is 9.79. The minimum absolute atomic E-state index is 0.271. The van der Waals surface area contributed by atoms with Crippen LogP contribution in [0, 0.1) is 5.41 Å². The first-order valence-electron chi connectivity index (χ1n) is 7.88. The summed E-state index contributed by atoms with van der Waals surface area (Å²) in [6.45, 7) is 2.09. The standard InChI is InChI=1S/C15H26N2O2/c16-11-15(7-3-1-2-4-8-15)14(18)17-9-12-5-6-13(10-17)19-12/h12-13H,1-11,16H2. The molecule has 0 radical (unpaired) electrons. The van der Waals surface area contributed by atoms with Gasteiger partial charge in [0.1, 0.15) is 0 Å². The summed E-state index contributed by atoms with van der Waals surface area (Å²) in [7, 11) is 0. The van der Waals surface area contributed by atoms with E-state index in [1.807, 2.05) is 0 Å². The van der Waals surface area contributed by atoms with Crippen molar-refractivity contribution in [2.75, 3.05) is 19.6 Å². The van der Waals surface area contributed by atoms with Gasteiger partial charge in [0.25, 0.3) is 0 Å². The first kappa shape index (κ1) is 13.4. The monoisotopic (exact) mass is 266 g/mol. The van der Waals surface area contributed by atoms with Gasteiger partial charge in [0.2, 0.25) is 5.91 Å². The maximum Gasteiger partial charge on any atom is 0.230 e. The summed E-state index contributed by atoms with van der Waals surface area (Å²) < 4.78 is 5.83. The highest BCUT2D eigenvalue weighted by atomic mass is 16.5. The molecule has 0 spiro atoms. The zero-order valence-electron chi connectivity index (χ0n) is 11.8. The van der Waals surface area contributed by atoms with E-state index in [1.165, 1.54) is 12.8 Å². The first-order valence-corrected chi connectivity index (χ1v) is 7.88. The highest BCUT2D eigenvalue weighted by Gasteiger charge is 2.44. The summed E-state index contributed by atoms with van der Waals surface area (Å²) >= 11 is 0. The number of morpholine rings is 1. The fraction of sp³-hybridized carbons (Fsp3) is 0.933. The minimum Gasteiger partial charge on any atom is -0.371 e. The molecular weight excluding hydrogens is 240 g/mol. The van der Waals surface area contributed by atoms with Crippen LogP contribution in [-0.4, -0.2) is 42.6 Å². The van der Waals surface area contributed by atoms with Gasteiger partial charge in [-0.25, -0.2) is 0 Å². The molecule has 2 saturated heterocycles. The Kier molecular flexibility index (Phi) is 3.81. The number of amides is 1. The second-order valence-electron chi connectivity index (χ2n) is 6.57. The molecule has 4 heteroatoms. The molecule has 2 atom stereocenters. The molecular formula is C15H26N2O2. The molecule has 3 rings (SSSR count). The molecule has 2 heterocycles. The third-order valence-electron chi connectivity index (χ3n) is 5.24. The second-order valence-corrected chi connectivity index (χ2v) is 6.57. The van der Waals surface area contributed by atoms with Gasteiger partial charge >= 0.3 is 0 Å². The van der Waals surface area contributed by atoms with Crippen LogP contribution in [0.1, 0.15) is 51.4 Å². The van der Waals surface area contributed by atoms with Gasteiger partial charge in [-0.15, -0.1) is 0 Å². The van der Waals surface area contributed by atoms with E-state index < -0.39 is 0 Å². The van der Waals surface area contributed by atoms with Gasteiger partial charge in [0.05, 0.1) is 17.6 Å². The number of likely N-dealkylation sites (tertiary alicyclic amines) is 1. The lowest BCUT2D eigenvalue weighted by Gasteiger charge is -2.39. The van der Waals surface area contributed by atoms with E-state index >= 15 is 0 Å². The van der Waals surface area contributed by atoms with E-state index in [2.05, 4.69) is 4.90 Å². The van der Waals surface area contributed by atoms with Crippen molar-refractivity contribution < 1.29 is 9.53 Å². The Morgan fingerprint density at radius 3 is 2.21 bits per heavy atom. The number of nitrogens with two attached hydrogens (primary N) is 1. The Bertz CT molecular complexity index is 325. The third kappa shape index (κ3) is 2.52. The lowest BCUT2D eigenvalue weighted by molar-refractivity contribution is -0.151. The SMILES string of the molecule is NCC1(C(=O)N2CC3CCC(C2)O3)CCCCCC1. The Balaban J connectivity index is 1.73. The molecule has 1 saturated carbocycles. The van der Waals surface area contributed by atoms with Crippen LogP contribution >= 0.6 is 0 Å². The maximum atomic E-state index is 13.0. The number of ether oxygens (including phenoxy) is 1. The second kappa shape index (κ2) is 5.41. The van der Waals surface area contributed by atoms with Crippen molar-refractivity contribution >= 4 is 5.91 Å². The summed E-state index contributed by atoms with van der Waals surface area (Å²) in [5, 5.41) is 0. The first-order chi connectivity index (χ1) is 9.23. The topological polar surface area (TPSA) is 55.6 Å². The zero-order chi connectivity index (χ0) is 13.3. The molecule has 3 fully saturated rings. The summed E-state index contributed by atoms with van der Waals surface area (Å²) in [5.41, 5.74) is 5.75. The molecule has 19 heavy (non-hydrogen) atoms. The van der Waals surface area contributed by atoms with E-state index in [9.17, 15) is 4.79 Å². The number of nitrogens with zero attached hydrogens (tertiary/aromatic N) is 1. The van der Waals surface area contributed by atoms with Crippen molar-refractivity contribution in [3.8, 4) is 0 Å². The van der Waals surface area contributed by atoms with Crippen LogP contribution in [-0.2, 0) is 9.53 Å². The van der Waals surface area contributed by atoms with E-state index in [4.69, 9.17) is 10.5 Å². The van der Waals surface area contributed by atoms with Crippen molar-refractivity contribution in [2.24, 2.45) is 11.1 Å². The molecule has 0 aromatic heterocycles. The lowest BCUT2D eigenvalue weighted by Crippen LogP contribution is -2.53. The molecule has 1 aliphatic carbocycles. The zero-order valence-corrected chi connectivity index (χ0v) is 11.8. The molecule has 0 aromatic carbocycles. The number of hydrogen-bond donors (Lipinski definition) is 1. The molecule has 0 aromatic rings. The summed E-state index contributed by atoms with van der Waals surface area (Å²) in [4.78, 5) is 15.0. The average Bonchev–Trinajstić information content (AvgIpc) is 2.68. The van der Waals surface area contributed by atoms with E-state index in [1.54, 1.807) is 0 Å². The van der Waals surface area contributed by atoms with Crippen molar-refractivity contribution in [3.05, 3.63) is 0 Å². The van der Waals surface area contributed by atoms with Crippen LogP contribution in [0.2, 0.25) is 0 Å². The fourth-order valence-electron chi connectivity index (χ4n) is 4.03. The molecule has 2 unspecified atom stereocenters. The van der Waals surface area contributed by atoms with Crippen molar-refractivity contribution in [3.63, 3.8) is 0 Å². The Morgan fingerprint density at radius 1 is 1.11 bits per heavy atom. The number of hydrogen-bond acceptors (Lipinski definition) is 3. The number of carbonyl (C=O) groups excluding carboxylic acids is 1. The smallest absolute Gasteiger partial charge is 0.230 e. The predicted octanol–water partition coefficient (Wildman–Crippen LogP) is 1.68. The van der Waals surface area contributed by atoms with Gasteiger partial charge in [-0.3, -0.25) is 4.79 Å². The van der Waals surface area contributed by atoms with E-state index in [0.717, 1.165) is 51.6 Å². The summed E-state index contributed by atoms with van der Waals surface area (Å²) in [5.74, 6) is 0.317. The van der Waals surface area contributed by atoms with E-state index in [-0.39, 0.29) is 17.6 Å². The van der Waals surface area contributed by atoms with Crippen molar-refractivity contribution in [1.29, 1.82) is 0 Å². The molecule has 4 nitrogen and oxygen atoms in total. The van der Waals surface area contributed by atoms with Crippen molar-refractivity contribution in [1.82, 2.24) is 4.90 Å². The third-order valence-corrected chi connectivity index (χ3v) is 5.24. The van der Waals surface area contributed by atoms with Gasteiger partial charge in [-0.05, 0) is 25.7 Å². The maximum absolute atomic E-state index is 13.0. The van der Waals surface area contributed by atoms with Gasteiger partial charge in [-0.1, -0.05) is 25.7 Å². The molecule has 2 bridgehead atoms. The normalized spacial score (nSPS) is 34.1. The van der Waals surface area contributed by atoms with Crippen molar-refractivity contribution in [2.45, 2.75) is 63.6 Å². The number of rotatable bonds is 2. The van der Waals surface area contributed by atoms with Crippen LogP contribution in [0.5, 0.6) is 0 Å². The predicted molar refractivity (Wildman–Crippen MR) is 73.7 cm³/mol. The van der Waals surface area contributed by atoms with Crippen LogP contribution in [0.15, 0.2) is 0 Å². The van der Waals surface area contributed by atoms with E-state index in [0.29, 0.717) is 12.5 Å². The molecule has 2 aliphatic heterocycles. The van der Waals surface area contributed by atoms with Gasteiger partial charge in [-0.2, -0.15) is 0 Å². The van der Waals surface area contributed by atoms with Crippen LogP contribution in [0.4, 0.5) is 0 Å². The van der Waals surface area contributed by atoms with Crippen LogP contribution < -0.4 is 5.73 Å². The van der Waals surface area contributed by atoms with Crippen LogP contribution in [0.25, 0.3) is 0 Å². The Labute approximate surface area is 115 Å². The highest BCUT2D eigenvalue weighted by molar-refractivity contribution is 5.83. The average molecular weight is 266 g/mol. The summed E-state index contributed by atoms with van der Waals surface area (Å²) in [6.07, 6.45) is 9.57. The Hall–Kier alpha value is -0.610. The fourth-order valence-corrected chi connectivity index (χ4v) is 4.03. The Morgan fingerprint density at radius 2 is 1.68 bits per heavy atom. The van der Waals surface area contributed by atoms with Gasteiger partial charge in [0.15, 0.2) is 0 Å². The largest absolute Gasteiger partial charge is 0.371 e. The molecule has 1 amide bonds. The van der Waals surface area contributed by atoms with Crippen LogP contribution in [0.3, 0.4) is 0 Å². The minimum atomic E-state index is -0.271. The van der Waals surface area contributed by atoms with Gasteiger partial charge in [0, 0.05) is 19.6 Å². The highest BCUT2D eigenvalue weighted by Crippen LogP contribution is 2.37. The quantitative estimate of drug-likeness (QED) is 0.774.